The van der Waals surface area contributed by atoms with Crippen molar-refractivity contribution in [2.45, 2.75) is 18.8 Å². The second kappa shape index (κ2) is 5.13. The van der Waals surface area contributed by atoms with Crippen molar-refractivity contribution in [1.29, 1.82) is 0 Å². The van der Waals surface area contributed by atoms with Gasteiger partial charge in [-0.05, 0) is 58.7 Å². The Bertz CT molecular complexity index is 517. The van der Waals surface area contributed by atoms with Crippen LogP contribution < -0.4 is 0 Å². The number of hydrogen-bond acceptors (Lipinski definition) is 0. The first kappa shape index (κ1) is 11.1. The normalized spacial score (nSPS) is 19.1. The van der Waals surface area contributed by atoms with Crippen LogP contribution in [0.4, 0.5) is 0 Å². The zero-order chi connectivity index (χ0) is 11.5. The fourth-order valence-electron chi connectivity index (χ4n) is 2.41. The van der Waals surface area contributed by atoms with Crippen LogP contribution in [0.3, 0.4) is 0 Å². The zero-order valence-corrected chi connectivity index (χ0v) is 11.4. The van der Waals surface area contributed by atoms with Gasteiger partial charge in [-0.15, -0.1) is 0 Å². The molecule has 2 aromatic rings. The van der Waals surface area contributed by atoms with E-state index in [1.165, 1.54) is 45.9 Å². The molecule has 17 heavy (non-hydrogen) atoms. The van der Waals surface area contributed by atoms with Crippen molar-refractivity contribution in [3.8, 4) is 0 Å². The van der Waals surface area contributed by atoms with Gasteiger partial charge in [-0.2, -0.15) is 0 Å². The van der Waals surface area contributed by atoms with E-state index in [-0.39, 0.29) is 0 Å². The van der Waals surface area contributed by atoms with Crippen molar-refractivity contribution in [2.75, 3.05) is 0 Å². The second-order valence-corrected chi connectivity index (χ2v) is 6.17. The van der Waals surface area contributed by atoms with E-state index in [1.807, 2.05) is 0 Å². The topological polar surface area (TPSA) is 0 Å². The summed E-state index contributed by atoms with van der Waals surface area (Å²) in [7, 11) is 2.62. The molecule has 0 nitrogen and oxygen atoms in total. The Labute approximate surface area is 106 Å². The Kier molecular flexibility index (Phi) is 3.36. The standard InChI is InChI=1S/C15H14P2/c1-2-15(13-5-9-17-10-6-13)11-14(1)12-3-7-16-8-4-12/h1,3-10,15H,2,11H2. The average Bonchev–Trinajstić information content (AvgIpc) is 2.90. The van der Waals surface area contributed by atoms with Gasteiger partial charge in [0.25, 0.3) is 0 Å². The van der Waals surface area contributed by atoms with E-state index >= 15 is 0 Å². The first-order chi connectivity index (χ1) is 8.43. The molecule has 1 aliphatic carbocycles. The van der Waals surface area contributed by atoms with Crippen LogP contribution in [0.2, 0.25) is 0 Å². The fraction of sp³-hybridized carbons (Fsp3) is 0.200. The van der Waals surface area contributed by atoms with Crippen LogP contribution in [0.25, 0.3) is 5.57 Å². The average molecular weight is 256 g/mol. The third kappa shape index (κ3) is 2.49. The lowest BCUT2D eigenvalue weighted by molar-refractivity contribution is 0.760. The molecule has 0 fully saturated rings. The van der Waals surface area contributed by atoms with Crippen molar-refractivity contribution in [2.24, 2.45) is 0 Å². The van der Waals surface area contributed by atoms with E-state index in [0.717, 1.165) is 0 Å². The van der Waals surface area contributed by atoms with Gasteiger partial charge in [-0.3, -0.25) is 0 Å². The van der Waals surface area contributed by atoms with Crippen molar-refractivity contribution in [3.05, 3.63) is 64.7 Å². The molecule has 0 radical (unpaired) electrons. The van der Waals surface area contributed by atoms with Gasteiger partial charge in [-0.1, -0.05) is 46.7 Å². The van der Waals surface area contributed by atoms with E-state index < -0.39 is 0 Å². The van der Waals surface area contributed by atoms with Gasteiger partial charge < -0.3 is 0 Å². The molecule has 0 saturated heterocycles. The van der Waals surface area contributed by atoms with Gasteiger partial charge in [0.05, 0.1) is 0 Å². The Morgan fingerprint density at radius 1 is 0.882 bits per heavy atom. The lowest BCUT2D eigenvalue weighted by Crippen LogP contribution is -1.92. The van der Waals surface area contributed by atoms with Gasteiger partial charge in [0, 0.05) is 0 Å². The summed E-state index contributed by atoms with van der Waals surface area (Å²) in [6, 6.07) is 9.09. The molecule has 1 atom stereocenters. The first-order valence-electron chi connectivity index (χ1n) is 5.93. The molecule has 0 spiro atoms. The fourth-order valence-corrected chi connectivity index (χ4v) is 3.62. The highest BCUT2D eigenvalue weighted by molar-refractivity contribution is 7.28. The largest absolute Gasteiger partial charge is 0.0801 e. The van der Waals surface area contributed by atoms with Crippen LogP contribution in [0.1, 0.15) is 29.9 Å². The lowest BCUT2D eigenvalue weighted by atomic mass is 9.96. The van der Waals surface area contributed by atoms with Crippen LogP contribution in [-0.2, 0) is 0 Å². The minimum Gasteiger partial charge on any atom is -0.0801 e. The molecule has 0 aromatic carbocycles. The summed E-state index contributed by atoms with van der Waals surface area (Å²) >= 11 is 0. The molecule has 0 amide bonds. The quantitative estimate of drug-likeness (QED) is 0.636. The maximum absolute atomic E-state index is 2.41. The van der Waals surface area contributed by atoms with Crippen LogP contribution in [0, 0.1) is 0 Å². The Morgan fingerprint density at radius 3 is 2.24 bits per heavy atom. The summed E-state index contributed by atoms with van der Waals surface area (Å²) in [4.78, 5) is 0. The highest BCUT2D eigenvalue weighted by Gasteiger charge is 2.19. The van der Waals surface area contributed by atoms with Gasteiger partial charge in [0.1, 0.15) is 0 Å². The van der Waals surface area contributed by atoms with E-state index in [1.54, 1.807) is 0 Å². The van der Waals surface area contributed by atoms with Gasteiger partial charge >= 0.3 is 0 Å². The summed E-state index contributed by atoms with van der Waals surface area (Å²) in [5.74, 6) is 9.60. The van der Waals surface area contributed by atoms with Crippen molar-refractivity contribution in [3.63, 3.8) is 0 Å². The minimum absolute atomic E-state index is 0.696. The van der Waals surface area contributed by atoms with Gasteiger partial charge in [-0.25, -0.2) is 0 Å². The van der Waals surface area contributed by atoms with Crippen LogP contribution in [-0.4, -0.2) is 0 Å². The van der Waals surface area contributed by atoms with Gasteiger partial charge in [0.2, 0.25) is 0 Å². The third-order valence-corrected chi connectivity index (χ3v) is 4.63. The second-order valence-electron chi connectivity index (χ2n) is 4.38. The molecule has 3 rings (SSSR count). The predicted molar refractivity (Wildman–Crippen MR) is 77.9 cm³/mol. The molecular formula is C15H14P2. The number of rotatable bonds is 2. The summed E-state index contributed by atoms with van der Waals surface area (Å²) in [6.45, 7) is 0. The number of hydrogen-bond donors (Lipinski definition) is 0. The third-order valence-electron chi connectivity index (χ3n) is 3.34. The molecule has 1 unspecified atom stereocenters. The predicted octanol–water partition coefficient (Wildman–Crippen LogP) is 5.81. The molecule has 0 bridgehead atoms. The van der Waals surface area contributed by atoms with Crippen LogP contribution in [0.5, 0.6) is 0 Å². The maximum atomic E-state index is 2.41. The molecule has 2 aromatic heterocycles. The van der Waals surface area contributed by atoms with Gasteiger partial charge in [0.15, 0.2) is 0 Å². The number of allylic oxidation sites excluding steroid dienone is 2. The molecule has 2 heteroatoms. The minimum atomic E-state index is 0.696. The molecule has 2 heterocycles. The molecular weight excluding hydrogens is 242 g/mol. The van der Waals surface area contributed by atoms with E-state index in [4.69, 9.17) is 0 Å². The Balaban J connectivity index is 1.78. The smallest absolute Gasteiger partial charge is 0.00864 e. The highest BCUT2D eigenvalue weighted by Crippen LogP contribution is 2.38. The molecule has 0 saturated carbocycles. The van der Waals surface area contributed by atoms with Crippen LogP contribution in [0.15, 0.2) is 53.5 Å². The SMILES string of the molecule is C1=C(c2ccpcc2)CC(c2ccpcc2)C1. The summed E-state index contributed by atoms with van der Waals surface area (Å²) in [6.07, 6.45) is 4.80. The van der Waals surface area contributed by atoms with E-state index in [2.05, 4.69) is 53.5 Å². The summed E-state index contributed by atoms with van der Waals surface area (Å²) < 4.78 is 0. The van der Waals surface area contributed by atoms with E-state index in [0.29, 0.717) is 5.92 Å². The van der Waals surface area contributed by atoms with Crippen molar-refractivity contribution >= 4 is 22.0 Å². The summed E-state index contributed by atoms with van der Waals surface area (Å²) in [5, 5.41) is 0. The van der Waals surface area contributed by atoms with Crippen molar-refractivity contribution < 1.29 is 0 Å². The Morgan fingerprint density at radius 2 is 1.53 bits per heavy atom. The summed E-state index contributed by atoms with van der Waals surface area (Å²) in [5.41, 5.74) is 4.43. The van der Waals surface area contributed by atoms with Crippen molar-refractivity contribution in [1.82, 2.24) is 0 Å². The first-order valence-corrected chi connectivity index (χ1v) is 7.99. The molecule has 84 valence electrons. The Hall–Kier alpha value is -0.960. The zero-order valence-electron chi connectivity index (χ0n) is 9.58. The molecule has 1 aliphatic rings. The molecule has 0 N–H and O–H groups in total. The van der Waals surface area contributed by atoms with Crippen LogP contribution >= 0.6 is 16.4 Å². The lowest BCUT2D eigenvalue weighted by Gasteiger charge is -2.10. The van der Waals surface area contributed by atoms with E-state index in [9.17, 15) is 0 Å². The monoisotopic (exact) mass is 256 g/mol. The highest BCUT2D eigenvalue weighted by atomic mass is 31.0. The maximum Gasteiger partial charge on any atom is -0.00864 e. The molecule has 0 aliphatic heterocycles.